The molecule has 2 aromatic carbocycles. The summed E-state index contributed by atoms with van der Waals surface area (Å²) >= 11 is 0. The maximum atomic E-state index is 12.5. The summed E-state index contributed by atoms with van der Waals surface area (Å²) in [6.07, 6.45) is 10.0. The van der Waals surface area contributed by atoms with E-state index in [4.69, 9.17) is 0 Å². The number of rotatable bonds is 8. The van der Waals surface area contributed by atoms with E-state index in [1.165, 1.54) is 56.4 Å². The van der Waals surface area contributed by atoms with Gasteiger partial charge in [0.05, 0.1) is 23.7 Å². The summed E-state index contributed by atoms with van der Waals surface area (Å²) in [7, 11) is -3.72. The molecule has 6 rings (SSSR count). The summed E-state index contributed by atoms with van der Waals surface area (Å²) in [5.74, 6) is 0.707. The van der Waals surface area contributed by atoms with E-state index in [9.17, 15) is 23.1 Å². The number of carbonyl (C=O) groups is 2. The molecule has 4 aliphatic carbocycles. The minimum atomic E-state index is -3.72. The van der Waals surface area contributed by atoms with E-state index in [0.717, 1.165) is 28.3 Å². The summed E-state index contributed by atoms with van der Waals surface area (Å²) in [6, 6.07) is 13.9. The summed E-state index contributed by atoms with van der Waals surface area (Å²) in [5.41, 5.74) is 4.60. The van der Waals surface area contributed by atoms with Crippen LogP contribution >= 0.6 is 0 Å². The molecule has 0 heterocycles. The van der Waals surface area contributed by atoms with Crippen LogP contribution in [0.5, 0.6) is 0 Å². The zero-order valence-electron chi connectivity index (χ0n) is 20.3. The van der Waals surface area contributed by atoms with E-state index in [1.54, 1.807) is 30.3 Å². The minimum Gasteiger partial charge on any atom is -0.478 e. The van der Waals surface area contributed by atoms with Gasteiger partial charge >= 0.3 is 5.97 Å². The Morgan fingerprint density at radius 3 is 2.17 bits per heavy atom. The highest BCUT2D eigenvalue weighted by molar-refractivity contribution is 7.92. The lowest BCUT2D eigenvalue weighted by molar-refractivity contribution is -0.119. The Kier molecular flexibility index (Phi) is 6.36. The van der Waals surface area contributed by atoms with E-state index >= 15 is 0 Å². The molecule has 0 aliphatic heterocycles. The first-order valence-electron chi connectivity index (χ1n) is 12.4. The van der Waals surface area contributed by atoms with Crippen LogP contribution in [0.3, 0.4) is 0 Å². The Labute approximate surface area is 211 Å². The molecule has 8 nitrogen and oxygen atoms in total. The van der Waals surface area contributed by atoms with E-state index in [1.807, 2.05) is 12.1 Å². The molecule has 2 N–H and O–H groups in total. The number of aromatic carboxylic acids is 1. The van der Waals surface area contributed by atoms with Gasteiger partial charge in [0.2, 0.25) is 10.0 Å². The molecular formula is C27H31N3O5S. The Balaban J connectivity index is 1.29. The van der Waals surface area contributed by atoms with Gasteiger partial charge in [-0.05, 0) is 85.5 Å². The number of hydrogen-bond donors (Lipinski definition) is 2. The summed E-state index contributed by atoms with van der Waals surface area (Å²) in [5, 5.41) is 13.1. The van der Waals surface area contributed by atoms with Gasteiger partial charge in [-0.3, -0.25) is 9.10 Å². The fraction of sp³-hybridized carbons (Fsp3) is 0.444. The van der Waals surface area contributed by atoms with Crippen molar-refractivity contribution in [2.75, 3.05) is 17.1 Å². The van der Waals surface area contributed by atoms with Gasteiger partial charge in [-0.25, -0.2) is 18.6 Å². The SMILES string of the molecule is CS(=O)(=O)N(CC(=O)N/N=C\c1ccccc1C(=O)O)c1ccc(C23CC4CC(CC(C4)C2)C3)cc1. The largest absolute Gasteiger partial charge is 0.478 e. The van der Waals surface area contributed by atoms with Gasteiger partial charge in [-0.2, -0.15) is 5.10 Å². The van der Waals surface area contributed by atoms with Gasteiger partial charge in [0.1, 0.15) is 6.54 Å². The Morgan fingerprint density at radius 2 is 1.61 bits per heavy atom. The number of anilines is 1. The van der Waals surface area contributed by atoms with Crippen LogP contribution in [0.1, 0.15) is 60.0 Å². The molecule has 4 bridgehead atoms. The quantitative estimate of drug-likeness (QED) is 0.415. The molecule has 0 radical (unpaired) electrons. The average Bonchev–Trinajstić information content (AvgIpc) is 2.81. The first-order chi connectivity index (χ1) is 17.1. The van der Waals surface area contributed by atoms with Gasteiger partial charge in [0.25, 0.3) is 5.91 Å². The molecule has 1 amide bonds. The highest BCUT2D eigenvalue weighted by Crippen LogP contribution is 2.60. The highest BCUT2D eigenvalue weighted by atomic mass is 32.2. The lowest BCUT2D eigenvalue weighted by Crippen LogP contribution is -2.48. The lowest BCUT2D eigenvalue weighted by atomic mass is 9.48. The number of nitrogens with zero attached hydrogens (tertiary/aromatic N) is 2. The molecule has 4 saturated carbocycles. The van der Waals surface area contributed by atoms with Crippen LogP contribution < -0.4 is 9.73 Å². The van der Waals surface area contributed by atoms with Crippen molar-refractivity contribution < 1.29 is 23.1 Å². The van der Waals surface area contributed by atoms with Crippen LogP contribution in [0.25, 0.3) is 0 Å². The molecule has 4 aliphatic rings. The maximum absolute atomic E-state index is 12.5. The third-order valence-electron chi connectivity index (χ3n) is 8.08. The molecular weight excluding hydrogens is 478 g/mol. The van der Waals surface area contributed by atoms with Gasteiger partial charge in [0.15, 0.2) is 0 Å². The number of carbonyl (C=O) groups excluding carboxylic acids is 1. The Morgan fingerprint density at radius 1 is 1.03 bits per heavy atom. The van der Waals surface area contributed by atoms with E-state index in [-0.39, 0.29) is 11.0 Å². The number of amides is 1. The number of benzene rings is 2. The minimum absolute atomic E-state index is 0.0485. The van der Waals surface area contributed by atoms with Gasteiger partial charge in [-0.15, -0.1) is 0 Å². The molecule has 36 heavy (non-hydrogen) atoms. The smallest absolute Gasteiger partial charge is 0.336 e. The van der Waals surface area contributed by atoms with E-state index < -0.39 is 28.4 Å². The van der Waals surface area contributed by atoms with Gasteiger partial charge < -0.3 is 5.11 Å². The number of hydrogen-bond acceptors (Lipinski definition) is 5. The lowest BCUT2D eigenvalue weighted by Gasteiger charge is -2.57. The van der Waals surface area contributed by atoms with Crippen molar-refractivity contribution in [3.05, 3.63) is 65.2 Å². The number of nitrogens with one attached hydrogen (secondary N) is 1. The van der Waals surface area contributed by atoms with Crippen LogP contribution in [-0.4, -0.2) is 44.4 Å². The van der Waals surface area contributed by atoms with Crippen LogP contribution in [0.4, 0.5) is 5.69 Å². The topological polar surface area (TPSA) is 116 Å². The average molecular weight is 510 g/mol. The molecule has 0 spiro atoms. The van der Waals surface area contributed by atoms with Crippen LogP contribution in [0, 0.1) is 17.8 Å². The van der Waals surface area contributed by atoms with Crippen molar-refractivity contribution in [1.29, 1.82) is 0 Å². The number of carboxylic acid groups (broad SMARTS) is 1. The molecule has 9 heteroatoms. The summed E-state index contributed by atoms with van der Waals surface area (Å²) in [6.45, 7) is -0.437. The zero-order chi connectivity index (χ0) is 25.5. The molecule has 0 saturated heterocycles. The second-order valence-corrected chi connectivity index (χ2v) is 12.6. The number of sulfonamides is 1. The predicted octanol–water partition coefficient (Wildman–Crippen LogP) is 3.77. The molecule has 0 unspecified atom stereocenters. The Bertz CT molecular complexity index is 1270. The van der Waals surface area contributed by atoms with Crippen molar-refractivity contribution in [3.63, 3.8) is 0 Å². The molecule has 0 aromatic heterocycles. The second-order valence-electron chi connectivity index (χ2n) is 10.7. The highest BCUT2D eigenvalue weighted by Gasteiger charge is 2.51. The van der Waals surface area contributed by atoms with Crippen molar-refractivity contribution in [1.82, 2.24) is 5.43 Å². The third kappa shape index (κ3) is 4.89. The van der Waals surface area contributed by atoms with Crippen LogP contribution in [-0.2, 0) is 20.2 Å². The zero-order valence-corrected chi connectivity index (χ0v) is 21.1. The standard InChI is InChI=1S/C27H31N3O5S/c1-36(34,35)30(17-25(31)29-28-16-21-4-2-3-5-24(21)26(32)33)23-8-6-22(7-9-23)27-13-18-10-19(14-27)12-20(11-18)15-27/h2-9,16,18-20H,10-15,17H2,1H3,(H,29,31)(H,32,33)/b28-16-. The molecule has 190 valence electrons. The Hall–Kier alpha value is -3.20. The fourth-order valence-electron chi connectivity index (χ4n) is 6.99. The number of hydrazone groups is 1. The van der Waals surface area contributed by atoms with Crippen molar-refractivity contribution in [2.45, 2.75) is 43.9 Å². The van der Waals surface area contributed by atoms with Crippen molar-refractivity contribution in [3.8, 4) is 0 Å². The summed E-state index contributed by atoms with van der Waals surface area (Å²) in [4.78, 5) is 23.8. The molecule has 0 atom stereocenters. The van der Waals surface area contributed by atoms with E-state index in [2.05, 4.69) is 10.5 Å². The monoisotopic (exact) mass is 509 g/mol. The maximum Gasteiger partial charge on any atom is 0.336 e. The van der Waals surface area contributed by atoms with Crippen molar-refractivity contribution in [2.24, 2.45) is 22.9 Å². The normalized spacial score (nSPS) is 26.8. The van der Waals surface area contributed by atoms with Crippen LogP contribution in [0.15, 0.2) is 53.6 Å². The third-order valence-corrected chi connectivity index (χ3v) is 9.22. The van der Waals surface area contributed by atoms with Gasteiger partial charge in [0, 0.05) is 5.56 Å². The van der Waals surface area contributed by atoms with Gasteiger partial charge in [-0.1, -0.05) is 30.3 Å². The fourth-order valence-corrected chi connectivity index (χ4v) is 7.85. The molecule has 4 fully saturated rings. The van der Waals surface area contributed by atoms with Crippen LogP contribution in [0.2, 0.25) is 0 Å². The predicted molar refractivity (Wildman–Crippen MR) is 138 cm³/mol. The van der Waals surface area contributed by atoms with Crippen molar-refractivity contribution >= 4 is 33.8 Å². The first-order valence-corrected chi connectivity index (χ1v) is 14.2. The first kappa shape index (κ1) is 24.5. The number of carboxylic acids is 1. The second kappa shape index (κ2) is 9.35. The van der Waals surface area contributed by atoms with E-state index in [0.29, 0.717) is 11.3 Å². The summed E-state index contributed by atoms with van der Waals surface area (Å²) < 4.78 is 26.1. The molecule has 2 aromatic rings.